The van der Waals surface area contributed by atoms with Gasteiger partial charge in [0.15, 0.2) is 0 Å². The Morgan fingerprint density at radius 2 is 1.73 bits per heavy atom. The Morgan fingerprint density at radius 1 is 0.964 bits per heavy atom. The van der Waals surface area contributed by atoms with E-state index < -0.39 is 0 Å². The van der Waals surface area contributed by atoms with E-state index >= 15 is 0 Å². The highest BCUT2D eigenvalue weighted by Crippen LogP contribution is 2.70. The summed E-state index contributed by atoms with van der Waals surface area (Å²) in [7, 11) is 3.28. The molecule has 12 atom stereocenters. The molecule has 2 heterocycles. The zero-order valence-corrected chi connectivity index (χ0v) is 34.0. The van der Waals surface area contributed by atoms with Crippen LogP contribution < -0.4 is 14.8 Å². The van der Waals surface area contributed by atoms with E-state index in [4.69, 9.17) is 18.9 Å². The van der Waals surface area contributed by atoms with Crippen molar-refractivity contribution in [1.82, 2.24) is 20.3 Å². The van der Waals surface area contributed by atoms with Crippen molar-refractivity contribution in [3.8, 4) is 11.5 Å². The van der Waals surface area contributed by atoms with Gasteiger partial charge in [-0.25, -0.2) is 4.68 Å². The third-order valence-electron chi connectivity index (χ3n) is 15.7. The molecular weight excluding hydrogens is 689 g/mol. The number of carbonyl (C=O) groups excluding carboxylic acids is 1. The molecule has 0 unspecified atom stereocenters. The van der Waals surface area contributed by atoms with Gasteiger partial charge in [0.2, 0.25) is 5.91 Å². The van der Waals surface area contributed by atoms with Crippen LogP contribution in [0.2, 0.25) is 0 Å². The number of nitrogens with one attached hydrogen (secondary N) is 1. The second-order valence-electron chi connectivity index (χ2n) is 18.6. The van der Waals surface area contributed by atoms with Crippen LogP contribution in [0.25, 0.3) is 0 Å². The fraction of sp³-hybridized carbons (Fsp3) is 0.674. The number of benzene rings is 2. The van der Waals surface area contributed by atoms with Crippen molar-refractivity contribution in [2.45, 2.75) is 130 Å². The molecule has 55 heavy (non-hydrogen) atoms. The van der Waals surface area contributed by atoms with Crippen molar-refractivity contribution < 1.29 is 23.7 Å². The van der Waals surface area contributed by atoms with Gasteiger partial charge in [-0.15, -0.1) is 5.10 Å². The van der Waals surface area contributed by atoms with Crippen molar-refractivity contribution in [2.24, 2.45) is 52.3 Å². The molecule has 1 amide bonds. The maximum Gasteiger partial charge on any atom is 0.223 e. The van der Waals surface area contributed by atoms with Gasteiger partial charge in [0.1, 0.15) is 17.2 Å². The molecule has 1 saturated heterocycles. The molecule has 1 N–H and O–H groups in total. The number of amides is 1. The fourth-order valence-electron chi connectivity index (χ4n) is 12.7. The van der Waals surface area contributed by atoms with E-state index in [-0.39, 0.29) is 17.9 Å². The third kappa shape index (κ3) is 7.57. The smallest absolute Gasteiger partial charge is 0.223 e. The summed E-state index contributed by atoms with van der Waals surface area (Å²) in [5, 5.41) is 11.7. The number of nitrogens with zero attached hydrogens (tertiary/aromatic N) is 3. The standard InChI is InChI=1S/C46H64N4O5/c1-29(44(51)47-25-34-27-50(49-48-34)26-32-20-36(52-5)23-37(21-32)53-6)12-15-41-30(2)43-42(55-41)24-40-38-14-13-33-22-35(54-28-31-10-8-7-9-11-31)16-18-45(33,3)39(38)17-19-46(40,43)4/h7-11,20-21,23,27,29-30,33,35,38-43H,12-19,22,24-26,28H2,1-6H3,(H,47,51)/t29-,30+,33+,35-,38+,39-,40-,41+,42-,43-,45-,46-/m0/s1. The molecule has 8 rings (SSSR count). The summed E-state index contributed by atoms with van der Waals surface area (Å²) >= 11 is 0. The Bertz CT molecular complexity index is 1760. The first-order valence-corrected chi connectivity index (χ1v) is 21.3. The van der Waals surface area contributed by atoms with E-state index in [2.05, 4.69) is 66.7 Å². The van der Waals surface area contributed by atoms with Crippen LogP contribution in [0.3, 0.4) is 0 Å². The molecule has 9 heteroatoms. The molecule has 9 nitrogen and oxygen atoms in total. The van der Waals surface area contributed by atoms with Gasteiger partial charge in [-0.3, -0.25) is 4.79 Å². The minimum absolute atomic E-state index is 0.0594. The Kier molecular flexibility index (Phi) is 11.1. The first-order valence-electron chi connectivity index (χ1n) is 21.3. The number of rotatable bonds is 13. The average Bonchev–Trinajstić information content (AvgIpc) is 3.87. The summed E-state index contributed by atoms with van der Waals surface area (Å²) in [5.74, 6) is 5.81. The number of fused-ring (bicyclic) bond motifs is 7. The zero-order valence-electron chi connectivity index (χ0n) is 34.0. The number of hydrogen-bond acceptors (Lipinski definition) is 7. The van der Waals surface area contributed by atoms with E-state index in [1.165, 1.54) is 56.9 Å². The van der Waals surface area contributed by atoms with Gasteiger partial charge in [-0.05, 0) is 134 Å². The molecule has 2 aromatic carbocycles. The second kappa shape index (κ2) is 15.8. The lowest BCUT2D eigenvalue weighted by atomic mass is 9.44. The highest BCUT2D eigenvalue weighted by atomic mass is 16.5. The molecule has 1 aliphatic heterocycles. The summed E-state index contributed by atoms with van der Waals surface area (Å²) < 4.78 is 26.1. The molecular formula is C46H64N4O5. The fourth-order valence-corrected chi connectivity index (χ4v) is 12.7. The van der Waals surface area contributed by atoms with Crippen LogP contribution in [0, 0.1) is 52.3 Å². The van der Waals surface area contributed by atoms with Crippen LogP contribution in [0.5, 0.6) is 11.5 Å². The molecule has 5 aliphatic rings. The summed E-state index contributed by atoms with van der Waals surface area (Å²) in [6.45, 7) is 11.4. The van der Waals surface area contributed by atoms with Crippen LogP contribution in [-0.2, 0) is 34.0 Å². The minimum Gasteiger partial charge on any atom is -0.497 e. The van der Waals surface area contributed by atoms with E-state index in [9.17, 15) is 4.79 Å². The number of hydrogen-bond donors (Lipinski definition) is 1. The van der Waals surface area contributed by atoms with E-state index in [0.29, 0.717) is 48.0 Å². The van der Waals surface area contributed by atoms with Crippen LogP contribution in [-0.4, -0.2) is 53.4 Å². The molecule has 4 aliphatic carbocycles. The SMILES string of the molecule is COc1cc(Cn2cc(CNC(=O)[C@@H](C)CC[C@H]3O[C@H]4C[C@H]5[C@@H]6CC[C@@H]7C[C@@H](OCc8ccccc8)CC[C@]7(C)[C@H]6CC[C@]5(C)[C@H]4[C@@H]3C)nn2)cc(OC)c1. The summed E-state index contributed by atoms with van der Waals surface area (Å²) in [6.07, 6.45) is 15.1. The summed E-state index contributed by atoms with van der Waals surface area (Å²) in [4.78, 5) is 13.2. The molecule has 0 radical (unpaired) electrons. The lowest BCUT2D eigenvalue weighted by Crippen LogP contribution is -2.54. The lowest BCUT2D eigenvalue weighted by Gasteiger charge is -2.61. The Balaban J connectivity index is 0.806. The van der Waals surface area contributed by atoms with Gasteiger partial charge in [0.05, 0.1) is 58.4 Å². The normalized spacial score (nSPS) is 35.6. The summed E-state index contributed by atoms with van der Waals surface area (Å²) in [6, 6.07) is 16.4. The maximum absolute atomic E-state index is 13.2. The van der Waals surface area contributed by atoms with Crippen LogP contribution in [0.15, 0.2) is 54.7 Å². The average molecular weight is 753 g/mol. The molecule has 5 fully saturated rings. The summed E-state index contributed by atoms with van der Waals surface area (Å²) in [5.41, 5.74) is 3.82. The molecule has 298 valence electrons. The first-order chi connectivity index (χ1) is 26.6. The third-order valence-corrected chi connectivity index (χ3v) is 15.7. The number of aromatic nitrogens is 3. The molecule has 0 spiro atoms. The van der Waals surface area contributed by atoms with Crippen molar-refractivity contribution in [3.63, 3.8) is 0 Å². The monoisotopic (exact) mass is 752 g/mol. The van der Waals surface area contributed by atoms with Gasteiger partial charge >= 0.3 is 0 Å². The van der Waals surface area contributed by atoms with Gasteiger partial charge in [-0.2, -0.15) is 0 Å². The Labute approximate surface area is 328 Å². The maximum atomic E-state index is 13.2. The molecule has 4 saturated carbocycles. The zero-order chi connectivity index (χ0) is 38.3. The number of methoxy groups -OCH3 is 2. The topological polar surface area (TPSA) is 96.7 Å². The largest absolute Gasteiger partial charge is 0.497 e. The van der Waals surface area contributed by atoms with E-state index in [0.717, 1.165) is 65.9 Å². The van der Waals surface area contributed by atoms with Gasteiger partial charge in [0.25, 0.3) is 0 Å². The first kappa shape index (κ1) is 38.4. The van der Waals surface area contributed by atoms with Crippen LogP contribution in [0.4, 0.5) is 0 Å². The predicted molar refractivity (Wildman–Crippen MR) is 212 cm³/mol. The lowest BCUT2D eigenvalue weighted by molar-refractivity contribution is -0.139. The van der Waals surface area contributed by atoms with Crippen molar-refractivity contribution in [1.29, 1.82) is 0 Å². The quantitative estimate of drug-likeness (QED) is 0.187. The van der Waals surface area contributed by atoms with Crippen molar-refractivity contribution in [2.75, 3.05) is 14.2 Å². The minimum atomic E-state index is -0.0935. The van der Waals surface area contributed by atoms with Crippen molar-refractivity contribution >= 4 is 5.91 Å². The van der Waals surface area contributed by atoms with Gasteiger partial charge in [0, 0.05) is 12.0 Å². The highest BCUT2D eigenvalue weighted by Gasteiger charge is 2.65. The molecule has 1 aromatic heterocycles. The van der Waals surface area contributed by atoms with E-state index in [1.54, 1.807) is 18.9 Å². The molecule has 0 bridgehead atoms. The number of ether oxygens (including phenoxy) is 4. The Morgan fingerprint density at radius 3 is 2.49 bits per heavy atom. The van der Waals surface area contributed by atoms with Gasteiger partial charge < -0.3 is 24.3 Å². The predicted octanol–water partition coefficient (Wildman–Crippen LogP) is 8.63. The van der Waals surface area contributed by atoms with Crippen LogP contribution in [0.1, 0.15) is 109 Å². The highest BCUT2D eigenvalue weighted by molar-refractivity contribution is 5.78. The Hall–Kier alpha value is -3.43. The van der Waals surface area contributed by atoms with Gasteiger partial charge in [-0.1, -0.05) is 63.2 Å². The van der Waals surface area contributed by atoms with E-state index in [1.807, 2.05) is 31.3 Å². The second-order valence-corrected chi connectivity index (χ2v) is 18.6. The molecule has 3 aromatic rings. The number of carbonyl (C=O) groups is 1. The van der Waals surface area contributed by atoms with Crippen molar-refractivity contribution in [3.05, 3.63) is 71.5 Å². The van der Waals surface area contributed by atoms with Crippen LogP contribution >= 0.6 is 0 Å².